The second-order valence-electron chi connectivity index (χ2n) is 27.1. The van der Waals surface area contributed by atoms with E-state index < -0.39 is 116 Å². The van der Waals surface area contributed by atoms with Crippen LogP contribution in [-0.2, 0) is 50.9 Å². The van der Waals surface area contributed by atoms with E-state index in [1.165, 1.54) is 18.2 Å². The number of pyridine rings is 2. The number of fused-ring (bicyclic) bond motifs is 6. The van der Waals surface area contributed by atoms with Crippen LogP contribution >= 0.6 is 0 Å². The first-order valence-corrected chi connectivity index (χ1v) is 34.6. The number of rotatable bonds is 6. The smallest absolute Gasteiger partial charge is 0.207 e. The zero-order valence-electron chi connectivity index (χ0n) is 60.9. The summed E-state index contributed by atoms with van der Waals surface area (Å²) in [5.41, 5.74) is -1.24. The molecule has 2 heterocycles. The topological polar surface area (TPSA) is 195 Å². The van der Waals surface area contributed by atoms with Crippen molar-refractivity contribution < 1.29 is 79.0 Å². The van der Waals surface area contributed by atoms with E-state index in [9.17, 15) is 111 Å². The third-order valence-corrected chi connectivity index (χ3v) is 20.3. The highest BCUT2D eigenvalue weighted by Gasteiger charge is 2.42. The molecular weight excluding hydrogens is 1620 g/mol. The second-order valence-corrected chi connectivity index (χ2v) is 27.1. The summed E-state index contributed by atoms with van der Waals surface area (Å²) in [6, 6.07) is 22.2. The minimum atomic E-state index is -5.42. The van der Waals surface area contributed by atoms with Gasteiger partial charge in [-0.15, -0.1) is 0 Å². The third kappa shape index (κ3) is 15.1. The molecule has 0 bridgehead atoms. The molecule has 6 aliphatic rings. The fourth-order valence-corrected chi connectivity index (χ4v) is 15.7. The van der Waals surface area contributed by atoms with E-state index in [-0.39, 0.29) is 127 Å². The van der Waals surface area contributed by atoms with Gasteiger partial charge in [0.2, 0.25) is 23.8 Å². The lowest BCUT2D eigenvalue weighted by molar-refractivity contribution is -0.143. The van der Waals surface area contributed by atoms with E-state index in [1.54, 1.807) is 30.4 Å². The zero-order chi connectivity index (χ0) is 88.2. The average molecular weight is 1650 g/mol. The highest BCUT2D eigenvalue weighted by molar-refractivity contribution is 5.91. The highest BCUT2D eigenvalue weighted by Crippen LogP contribution is 2.44. The maximum absolute atomic E-state index is 14.9. The number of allylic oxidation sites excluding steroid dienone is 9. The van der Waals surface area contributed by atoms with Gasteiger partial charge in [-0.2, -0.15) is 115 Å². The molecule has 6 aliphatic carbocycles. The monoisotopic (exact) mass is 1650 g/mol. The Morgan fingerprint density at radius 3 is 0.639 bits per heavy atom. The van der Waals surface area contributed by atoms with Crippen molar-refractivity contribution in [3.05, 3.63) is 367 Å². The summed E-state index contributed by atoms with van der Waals surface area (Å²) in [4.78, 5) is 25.6. The molecule has 0 fully saturated rings. The molecular formula is C90H32F18N14. The zero-order valence-corrected chi connectivity index (χ0v) is 60.9. The molecule has 0 spiro atoms. The number of alkyl halides is 6. The Hall–Kier alpha value is -16.9. The number of nitriles is 6. The number of nitrogens with zero attached hydrogens (tertiary/aromatic N) is 14. The number of hydrogen-bond donors (Lipinski definition) is 0. The van der Waals surface area contributed by atoms with Crippen LogP contribution in [0.25, 0.3) is 132 Å². The molecule has 0 saturated carbocycles. The summed E-state index contributed by atoms with van der Waals surface area (Å²) >= 11 is 0. The molecule has 588 valence electrons. The van der Waals surface area contributed by atoms with Gasteiger partial charge in [-0.05, 0) is 234 Å². The van der Waals surface area contributed by atoms with Crippen molar-refractivity contribution in [2.24, 2.45) is 0 Å². The van der Waals surface area contributed by atoms with Crippen LogP contribution in [0.5, 0.6) is 0 Å². The fraction of sp³-hybridized carbons (Fsp3) is 0.0889. The summed E-state index contributed by atoms with van der Waals surface area (Å²) in [7, 11) is 0. The molecule has 15 rings (SSSR count). The van der Waals surface area contributed by atoms with Gasteiger partial charge in [0.15, 0.2) is 0 Å². The second kappa shape index (κ2) is 32.3. The number of halogens is 18. The van der Waals surface area contributed by atoms with Crippen LogP contribution in [0.3, 0.4) is 0 Å². The molecule has 14 nitrogen and oxygen atoms in total. The maximum atomic E-state index is 14.9. The SMILES string of the molecule is [C-]#[N+]C([N+]#[C-])=C1C=c2c(c(-c3cc(F)c(C(F)(F)F)c(F)c3)c3c(c2-c2cc(F)c(C(F)(F)F)c(F)c2)CC(=C(C#N)C#N)C=3)C1.[C-]#[N+]C([N+]#[C-])=C1C=c2c(c(-c3cc(F)cc(F)c3)c3c(c2-c2cc(F)cc(F)c2)CC(=C(C#N)C#N)C=3)C1.[C-]#[N+]C([N+]#[C-])=C1C=c2c(c(-c3cc(F)nc(F)c3)c3c(c2-c2cc(F)nc(F)c2)CC(=C(C#N)C#N)C=3)C1. The number of benzene rings is 7. The van der Waals surface area contributed by atoms with Crippen LogP contribution < -0.4 is 31.3 Å². The first-order valence-electron chi connectivity index (χ1n) is 34.6. The Balaban J connectivity index is 0.000000159. The summed E-state index contributed by atoms with van der Waals surface area (Å²) in [6.45, 7) is 44.2. The van der Waals surface area contributed by atoms with Crippen molar-refractivity contribution in [1.82, 2.24) is 9.97 Å². The fourth-order valence-electron chi connectivity index (χ4n) is 15.7. The molecule has 0 radical (unpaired) electrons. The molecule has 0 unspecified atom stereocenters. The Morgan fingerprint density at radius 2 is 0.451 bits per heavy atom. The van der Waals surface area contributed by atoms with Crippen molar-refractivity contribution in [3.63, 3.8) is 0 Å². The molecule has 0 N–H and O–H groups in total. The average Bonchev–Trinajstić information content (AvgIpc) is 1.56. The van der Waals surface area contributed by atoms with E-state index >= 15 is 0 Å². The Labute approximate surface area is 675 Å². The van der Waals surface area contributed by atoms with E-state index in [0.29, 0.717) is 112 Å². The van der Waals surface area contributed by atoms with Gasteiger partial charge >= 0.3 is 29.8 Å². The predicted octanol–water partition coefficient (Wildman–Crippen LogP) is 17.8. The predicted molar refractivity (Wildman–Crippen MR) is 399 cm³/mol. The molecule has 2 aromatic heterocycles. The standard InChI is InChI=1S/C32H10F10N4.C30H12F4N4.C28H10F4N6/c1-45-30(46-2)16-5-20-21(6-16)27(15-9-24(35)29(25(36)10-15)32(40,41)42)19-4-13(17(11-43)12-44)3-18(19)26(20)14-7-22(33)28(23(34)8-14)31(37,38)39;1-37-30(38-2)18-9-26-27(10-18)29(17-5-22(33)12-23(34)6-17)25-8-15(19(13-35)14-36)7-24(25)28(26)16-3-20(31)11-21(32)4-16;1-35-28(36-2)16-5-20-21(6-16)27(15-9-24(31)38-25(32)10-15)19-4-13(17(11-33)12-34)3-18(19)26(20)14-7-22(29)37-23(30)8-14/h3,6-10H,4-5H2;3-7,10-12H,8-9H2;3,6-10H,4-5H2. The third-order valence-electron chi connectivity index (χ3n) is 20.3. The van der Waals surface area contributed by atoms with E-state index in [4.69, 9.17) is 39.4 Å². The van der Waals surface area contributed by atoms with Crippen LogP contribution in [0.2, 0.25) is 0 Å². The minimum absolute atomic E-state index is 0.000730. The largest absolute Gasteiger partial charge is 0.522 e. The van der Waals surface area contributed by atoms with Crippen molar-refractivity contribution >= 4 is 36.5 Å². The molecule has 0 aliphatic heterocycles. The molecule has 122 heavy (non-hydrogen) atoms. The minimum Gasteiger partial charge on any atom is -0.207 e. The lowest BCUT2D eigenvalue weighted by atomic mass is 9.86. The van der Waals surface area contributed by atoms with Crippen molar-refractivity contribution in [2.45, 2.75) is 50.9 Å². The Bertz CT molecular complexity index is 6640. The van der Waals surface area contributed by atoms with Gasteiger partial charge in [-0.1, -0.05) is 18.2 Å². The summed E-state index contributed by atoms with van der Waals surface area (Å²) in [5.74, 6) is -16.6. The highest BCUT2D eigenvalue weighted by atomic mass is 19.4. The molecule has 0 saturated heterocycles. The Morgan fingerprint density at radius 1 is 0.270 bits per heavy atom. The quantitative estimate of drug-likeness (QED) is 0.0678. The van der Waals surface area contributed by atoms with Crippen LogP contribution in [-0.4, -0.2) is 9.97 Å². The van der Waals surface area contributed by atoms with Crippen LogP contribution in [0.1, 0.15) is 44.5 Å². The van der Waals surface area contributed by atoms with Crippen molar-refractivity contribution in [2.75, 3.05) is 0 Å². The van der Waals surface area contributed by atoms with Gasteiger partial charge in [0.05, 0.1) is 16.7 Å². The van der Waals surface area contributed by atoms with Crippen LogP contribution in [0.15, 0.2) is 153 Å². The van der Waals surface area contributed by atoms with E-state index in [2.05, 4.69) is 39.0 Å². The number of hydrogen-bond acceptors (Lipinski definition) is 8. The first-order chi connectivity index (χ1) is 58.1. The normalized spacial score (nSPS) is 13.0. The van der Waals surface area contributed by atoms with Gasteiger partial charge in [-0.3, -0.25) is 0 Å². The van der Waals surface area contributed by atoms with Crippen molar-refractivity contribution in [1.29, 1.82) is 31.6 Å². The van der Waals surface area contributed by atoms with E-state index in [1.807, 2.05) is 24.3 Å². The van der Waals surface area contributed by atoms with Crippen molar-refractivity contribution in [3.8, 4) is 103 Å². The molecule has 32 heteroatoms. The molecule has 0 amide bonds. The maximum Gasteiger partial charge on any atom is 0.522 e. The van der Waals surface area contributed by atoms with Gasteiger partial charge < -0.3 is 0 Å². The van der Waals surface area contributed by atoms with Gasteiger partial charge in [0.25, 0.3) is 0 Å². The lowest BCUT2D eigenvalue weighted by Crippen LogP contribution is -2.23. The first kappa shape index (κ1) is 83.1. The van der Waals surface area contributed by atoms with E-state index in [0.717, 1.165) is 60.7 Å². The van der Waals surface area contributed by atoms with Gasteiger partial charge in [0, 0.05) is 55.7 Å². The Kier molecular flexibility index (Phi) is 22.0. The summed E-state index contributed by atoms with van der Waals surface area (Å²) < 4.78 is 254. The van der Waals surface area contributed by atoms with Crippen LogP contribution in [0, 0.1) is 178 Å². The summed E-state index contributed by atoms with van der Waals surface area (Å²) in [6.07, 6.45) is -2.81. The van der Waals surface area contributed by atoms with Crippen LogP contribution in [0.4, 0.5) is 79.0 Å². The van der Waals surface area contributed by atoms with Gasteiger partial charge in [-0.25, -0.2) is 35.1 Å². The molecule has 7 aromatic carbocycles. The lowest BCUT2D eigenvalue weighted by Gasteiger charge is -2.18. The molecule has 0 atom stereocenters. The summed E-state index contributed by atoms with van der Waals surface area (Å²) in [5, 5.41) is 58.4. The molecule has 9 aromatic rings. The van der Waals surface area contributed by atoms with Gasteiger partial charge in [0.1, 0.15) is 150 Å². The number of aromatic nitrogens is 2.